The van der Waals surface area contributed by atoms with Gasteiger partial charge in [0.1, 0.15) is 11.9 Å². The van der Waals surface area contributed by atoms with Crippen LogP contribution >= 0.6 is 0 Å². The van der Waals surface area contributed by atoms with Crippen LogP contribution in [0.4, 0.5) is 5.69 Å². The molecule has 0 spiro atoms. The van der Waals surface area contributed by atoms with Crippen molar-refractivity contribution in [1.29, 1.82) is 0 Å². The second kappa shape index (κ2) is 9.26. The molecule has 0 saturated heterocycles. The first-order valence-electron chi connectivity index (χ1n) is 9.54. The molecule has 3 rings (SSSR count). The highest BCUT2D eigenvalue weighted by atomic mass is 16.5. The van der Waals surface area contributed by atoms with Crippen LogP contribution in [-0.2, 0) is 16.1 Å². The van der Waals surface area contributed by atoms with Crippen LogP contribution in [0.3, 0.4) is 0 Å². The summed E-state index contributed by atoms with van der Waals surface area (Å²) in [6.45, 7) is 0.334. The predicted octanol–water partition coefficient (Wildman–Crippen LogP) is 3.41. The van der Waals surface area contributed by atoms with Gasteiger partial charge in [0.05, 0.1) is 11.3 Å². The minimum absolute atomic E-state index is 0.0114. The fourth-order valence-corrected chi connectivity index (χ4v) is 3.21. The minimum Gasteiger partial charge on any atom is -0.482 e. The van der Waals surface area contributed by atoms with Crippen LogP contribution in [-0.4, -0.2) is 36.5 Å². The molecule has 2 aromatic rings. The van der Waals surface area contributed by atoms with E-state index in [1.165, 1.54) is 6.07 Å². The second-order valence-corrected chi connectivity index (χ2v) is 7.09. The van der Waals surface area contributed by atoms with Crippen molar-refractivity contribution in [1.82, 2.24) is 4.90 Å². The molecule has 0 bridgehead atoms. The Hall–Kier alpha value is -3.02. The minimum atomic E-state index is -0.385. The number of nitrogen functional groups attached to an aromatic ring is 1. The van der Waals surface area contributed by atoms with E-state index in [1.54, 1.807) is 24.1 Å². The van der Waals surface area contributed by atoms with Crippen molar-refractivity contribution in [2.24, 2.45) is 0 Å². The van der Waals surface area contributed by atoms with E-state index in [0.717, 1.165) is 31.2 Å². The van der Waals surface area contributed by atoms with Gasteiger partial charge in [-0.05, 0) is 49.4 Å². The van der Waals surface area contributed by atoms with Gasteiger partial charge in [0.25, 0.3) is 5.91 Å². The molecule has 2 aromatic carbocycles. The van der Waals surface area contributed by atoms with Crippen molar-refractivity contribution < 1.29 is 19.1 Å². The molecule has 148 valence electrons. The van der Waals surface area contributed by atoms with Crippen LogP contribution in [0.25, 0.3) is 0 Å². The Morgan fingerprint density at radius 1 is 1.11 bits per heavy atom. The van der Waals surface area contributed by atoms with Gasteiger partial charge >= 0.3 is 5.97 Å². The van der Waals surface area contributed by atoms with Crippen LogP contribution in [0.1, 0.15) is 41.6 Å². The second-order valence-electron chi connectivity index (χ2n) is 7.09. The highest BCUT2D eigenvalue weighted by molar-refractivity contribution is 5.91. The molecule has 0 atom stereocenters. The van der Waals surface area contributed by atoms with E-state index in [4.69, 9.17) is 15.2 Å². The monoisotopic (exact) mass is 382 g/mol. The lowest BCUT2D eigenvalue weighted by Crippen LogP contribution is -2.31. The molecular weight excluding hydrogens is 356 g/mol. The lowest BCUT2D eigenvalue weighted by Gasteiger charge is -2.18. The van der Waals surface area contributed by atoms with Gasteiger partial charge in [-0.1, -0.05) is 30.3 Å². The molecule has 1 amide bonds. The van der Waals surface area contributed by atoms with Gasteiger partial charge in [0.15, 0.2) is 6.61 Å². The van der Waals surface area contributed by atoms with Gasteiger partial charge in [-0.2, -0.15) is 0 Å². The molecule has 0 aromatic heterocycles. The van der Waals surface area contributed by atoms with Crippen LogP contribution in [0.2, 0.25) is 0 Å². The number of esters is 1. The van der Waals surface area contributed by atoms with E-state index in [2.05, 4.69) is 0 Å². The zero-order chi connectivity index (χ0) is 19.9. The van der Waals surface area contributed by atoms with Crippen LogP contribution in [0, 0.1) is 0 Å². The van der Waals surface area contributed by atoms with E-state index in [9.17, 15) is 9.59 Å². The zero-order valence-electron chi connectivity index (χ0n) is 16.1. The number of benzene rings is 2. The molecule has 0 aliphatic heterocycles. The highest BCUT2D eigenvalue weighted by Crippen LogP contribution is 2.26. The fourth-order valence-electron chi connectivity index (χ4n) is 3.21. The average Bonchev–Trinajstić information content (AvgIpc) is 3.20. The molecule has 6 heteroatoms. The van der Waals surface area contributed by atoms with Crippen LogP contribution in [0.5, 0.6) is 5.75 Å². The molecule has 2 N–H and O–H groups in total. The van der Waals surface area contributed by atoms with Crippen molar-refractivity contribution in [3.05, 3.63) is 59.7 Å². The van der Waals surface area contributed by atoms with Gasteiger partial charge < -0.3 is 20.1 Å². The normalized spacial score (nSPS) is 13.9. The lowest BCUT2D eigenvalue weighted by molar-refractivity contribution is -0.132. The van der Waals surface area contributed by atoms with Crippen molar-refractivity contribution in [2.45, 2.75) is 38.3 Å². The summed E-state index contributed by atoms with van der Waals surface area (Å²) in [5.41, 5.74) is 7.72. The third kappa shape index (κ3) is 5.25. The lowest BCUT2D eigenvalue weighted by atomic mass is 10.2. The molecular formula is C22H26N2O4. The fraction of sp³-hybridized carbons (Fsp3) is 0.364. The van der Waals surface area contributed by atoms with Crippen molar-refractivity contribution in [3.63, 3.8) is 0 Å². The SMILES string of the molecule is CN(Cc1ccccc1)C(=O)COc1cc(C(=O)OC2CCCC2)ccc1N. The van der Waals surface area contributed by atoms with Gasteiger partial charge in [-0.25, -0.2) is 4.79 Å². The number of carbonyl (C=O) groups excluding carboxylic acids is 2. The van der Waals surface area contributed by atoms with Crippen LogP contribution < -0.4 is 10.5 Å². The molecule has 28 heavy (non-hydrogen) atoms. The third-order valence-electron chi connectivity index (χ3n) is 4.86. The number of carbonyl (C=O) groups is 2. The number of likely N-dealkylation sites (N-methyl/N-ethyl adjacent to an activating group) is 1. The Bertz CT molecular complexity index is 817. The number of rotatable bonds is 7. The average molecular weight is 382 g/mol. The Labute approximate surface area is 165 Å². The molecule has 1 fully saturated rings. The summed E-state index contributed by atoms with van der Waals surface area (Å²) in [4.78, 5) is 26.3. The number of nitrogens with two attached hydrogens (primary N) is 1. The third-order valence-corrected chi connectivity index (χ3v) is 4.86. The van der Waals surface area contributed by atoms with Gasteiger partial charge in [-0.15, -0.1) is 0 Å². The van der Waals surface area contributed by atoms with E-state index in [0.29, 0.717) is 23.5 Å². The van der Waals surface area contributed by atoms with E-state index < -0.39 is 0 Å². The first-order valence-corrected chi connectivity index (χ1v) is 9.54. The standard InChI is InChI=1S/C22H26N2O4/c1-24(14-16-7-3-2-4-8-16)21(25)15-27-20-13-17(11-12-19(20)23)22(26)28-18-9-5-6-10-18/h2-4,7-8,11-13,18H,5-6,9-10,14-15,23H2,1H3. The van der Waals surface area contributed by atoms with Crippen molar-refractivity contribution >= 4 is 17.6 Å². The molecule has 1 aliphatic carbocycles. The maximum Gasteiger partial charge on any atom is 0.338 e. The summed E-state index contributed by atoms with van der Waals surface area (Å²) < 4.78 is 11.1. The molecule has 6 nitrogen and oxygen atoms in total. The molecule has 0 heterocycles. The summed E-state index contributed by atoms with van der Waals surface area (Å²) >= 11 is 0. The molecule has 1 saturated carbocycles. The maximum absolute atomic E-state index is 12.3. The van der Waals surface area contributed by atoms with Gasteiger partial charge in [0.2, 0.25) is 0 Å². The summed E-state index contributed by atoms with van der Waals surface area (Å²) in [5.74, 6) is -0.256. The summed E-state index contributed by atoms with van der Waals surface area (Å²) in [6.07, 6.45) is 3.99. The number of anilines is 1. The number of ether oxygens (including phenoxy) is 2. The van der Waals surface area contributed by atoms with Gasteiger partial charge in [0, 0.05) is 13.6 Å². The Balaban J connectivity index is 1.57. The number of amides is 1. The Morgan fingerprint density at radius 2 is 1.82 bits per heavy atom. The molecule has 0 unspecified atom stereocenters. The zero-order valence-corrected chi connectivity index (χ0v) is 16.1. The van der Waals surface area contributed by atoms with Crippen molar-refractivity contribution in [2.75, 3.05) is 19.4 Å². The number of hydrogen-bond donors (Lipinski definition) is 1. The topological polar surface area (TPSA) is 81.9 Å². The number of nitrogens with zero attached hydrogens (tertiary/aromatic N) is 1. The summed E-state index contributed by atoms with van der Waals surface area (Å²) in [5, 5.41) is 0. The van der Waals surface area contributed by atoms with Gasteiger partial charge in [-0.3, -0.25) is 4.79 Å². The van der Waals surface area contributed by atoms with Crippen LogP contribution in [0.15, 0.2) is 48.5 Å². The summed E-state index contributed by atoms with van der Waals surface area (Å²) in [7, 11) is 1.72. The highest BCUT2D eigenvalue weighted by Gasteiger charge is 2.21. The predicted molar refractivity (Wildman–Crippen MR) is 107 cm³/mol. The van der Waals surface area contributed by atoms with E-state index in [-0.39, 0.29) is 24.6 Å². The Morgan fingerprint density at radius 3 is 2.54 bits per heavy atom. The maximum atomic E-state index is 12.3. The summed E-state index contributed by atoms with van der Waals surface area (Å²) in [6, 6.07) is 14.5. The molecule has 1 aliphatic rings. The Kier molecular flexibility index (Phi) is 6.53. The van der Waals surface area contributed by atoms with Crippen molar-refractivity contribution in [3.8, 4) is 5.75 Å². The quantitative estimate of drug-likeness (QED) is 0.586. The first-order chi connectivity index (χ1) is 13.5. The number of hydrogen-bond acceptors (Lipinski definition) is 5. The van der Waals surface area contributed by atoms with E-state index >= 15 is 0 Å². The van der Waals surface area contributed by atoms with E-state index in [1.807, 2.05) is 30.3 Å². The first kappa shape index (κ1) is 19.7. The largest absolute Gasteiger partial charge is 0.482 e. The molecule has 0 radical (unpaired) electrons. The smallest absolute Gasteiger partial charge is 0.338 e.